The fourth-order valence-corrected chi connectivity index (χ4v) is 3.88. The number of ether oxygens (including phenoxy) is 2. The third-order valence-electron chi connectivity index (χ3n) is 4.37. The fourth-order valence-electron chi connectivity index (χ4n) is 2.90. The van der Waals surface area contributed by atoms with Crippen LogP contribution < -0.4 is 0 Å². The third kappa shape index (κ3) is 3.84. The van der Waals surface area contributed by atoms with Crippen LogP contribution in [0.15, 0.2) is 48.9 Å². The van der Waals surface area contributed by atoms with E-state index >= 15 is 0 Å². The quantitative estimate of drug-likeness (QED) is 0.643. The van der Waals surface area contributed by atoms with E-state index in [1.165, 1.54) is 11.3 Å². The van der Waals surface area contributed by atoms with E-state index in [-0.39, 0.29) is 12.6 Å². The summed E-state index contributed by atoms with van der Waals surface area (Å²) in [5, 5.41) is 5.19. The van der Waals surface area contributed by atoms with Crippen LogP contribution in [0.3, 0.4) is 0 Å². The second-order valence-corrected chi connectivity index (χ2v) is 7.20. The highest BCUT2D eigenvalue weighted by Gasteiger charge is 2.21. The standard InChI is InChI=1S/C19H19N3O3S/c23-19(17-12-20-18(26-17)15-6-10-24-11-7-15)25-13-14-2-4-16(5-3-14)22-9-1-8-21-22/h1-5,8-9,12,15H,6-7,10-11,13H2. The molecule has 1 aliphatic heterocycles. The van der Waals surface area contributed by atoms with Gasteiger partial charge in [0.15, 0.2) is 0 Å². The zero-order chi connectivity index (χ0) is 17.8. The van der Waals surface area contributed by atoms with Crippen molar-refractivity contribution in [1.82, 2.24) is 14.8 Å². The molecule has 1 aliphatic rings. The number of aromatic nitrogens is 3. The van der Waals surface area contributed by atoms with Crippen molar-refractivity contribution in [2.45, 2.75) is 25.4 Å². The van der Waals surface area contributed by atoms with Gasteiger partial charge < -0.3 is 9.47 Å². The minimum Gasteiger partial charge on any atom is -0.457 e. The van der Waals surface area contributed by atoms with E-state index in [1.54, 1.807) is 17.1 Å². The second kappa shape index (κ2) is 7.80. The highest BCUT2D eigenvalue weighted by atomic mass is 32.1. The summed E-state index contributed by atoms with van der Waals surface area (Å²) in [7, 11) is 0. The molecule has 1 fully saturated rings. The number of esters is 1. The summed E-state index contributed by atoms with van der Waals surface area (Å²) in [6.45, 7) is 1.76. The van der Waals surface area contributed by atoms with Gasteiger partial charge in [0.05, 0.1) is 16.9 Å². The molecule has 2 aromatic heterocycles. The Hall–Kier alpha value is -2.51. The average Bonchev–Trinajstić information content (AvgIpc) is 3.39. The number of nitrogens with zero attached hydrogens (tertiary/aromatic N) is 3. The van der Waals surface area contributed by atoms with Crippen LogP contribution in [0.1, 0.15) is 39.0 Å². The highest BCUT2D eigenvalue weighted by Crippen LogP contribution is 2.30. The van der Waals surface area contributed by atoms with Crippen LogP contribution >= 0.6 is 11.3 Å². The first-order chi connectivity index (χ1) is 12.8. The van der Waals surface area contributed by atoms with Crippen molar-refractivity contribution in [3.63, 3.8) is 0 Å². The molecule has 7 heteroatoms. The number of carbonyl (C=O) groups is 1. The summed E-state index contributed by atoms with van der Waals surface area (Å²) in [5.41, 5.74) is 1.90. The normalized spacial score (nSPS) is 15.1. The number of hydrogen-bond acceptors (Lipinski definition) is 6. The molecule has 1 saturated heterocycles. The van der Waals surface area contributed by atoms with Crippen molar-refractivity contribution < 1.29 is 14.3 Å². The Balaban J connectivity index is 1.34. The van der Waals surface area contributed by atoms with Crippen LogP contribution in [0.25, 0.3) is 5.69 Å². The van der Waals surface area contributed by atoms with Crippen LogP contribution in [-0.4, -0.2) is 33.9 Å². The van der Waals surface area contributed by atoms with E-state index in [4.69, 9.17) is 9.47 Å². The Morgan fingerprint density at radius 1 is 1.27 bits per heavy atom. The topological polar surface area (TPSA) is 66.2 Å². The van der Waals surface area contributed by atoms with Gasteiger partial charge in [0.1, 0.15) is 11.5 Å². The summed E-state index contributed by atoms with van der Waals surface area (Å²) < 4.78 is 12.6. The van der Waals surface area contributed by atoms with Crippen LogP contribution in [0.5, 0.6) is 0 Å². The Labute approximate surface area is 155 Å². The number of benzene rings is 1. The molecule has 3 heterocycles. The van der Waals surface area contributed by atoms with E-state index in [1.807, 2.05) is 36.5 Å². The Morgan fingerprint density at radius 2 is 2.08 bits per heavy atom. The van der Waals surface area contributed by atoms with Gasteiger partial charge in [-0.2, -0.15) is 5.10 Å². The summed E-state index contributed by atoms with van der Waals surface area (Å²) in [6.07, 6.45) is 7.17. The molecule has 0 unspecified atom stereocenters. The average molecular weight is 369 g/mol. The lowest BCUT2D eigenvalue weighted by Crippen LogP contribution is -2.13. The second-order valence-electron chi connectivity index (χ2n) is 6.14. The molecule has 4 rings (SSSR count). The first-order valence-electron chi connectivity index (χ1n) is 8.59. The number of rotatable bonds is 5. The van der Waals surface area contributed by atoms with Gasteiger partial charge in [0.2, 0.25) is 0 Å². The SMILES string of the molecule is O=C(OCc1ccc(-n2cccn2)cc1)c1cnc(C2CCOCC2)s1. The minimum atomic E-state index is -0.322. The molecule has 0 bridgehead atoms. The molecular formula is C19H19N3O3S. The molecular weight excluding hydrogens is 350 g/mol. The van der Waals surface area contributed by atoms with E-state index in [0.717, 1.165) is 42.3 Å². The van der Waals surface area contributed by atoms with Gasteiger partial charge in [0.25, 0.3) is 0 Å². The Kier molecular flexibility index (Phi) is 5.08. The molecule has 0 amide bonds. The lowest BCUT2D eigenvalue weighted by molar-refractivity contribution is 0.0478. The van der Waals surface area contributed by atoms with Crippen molar-refractivity contribution in [2.24, 2.45) is 0 Å². The maximum absolute atomic E-state index is 12.3. The number of thiazole rings is 1. The molecule has 0 aliphatic carbocycles. The maximum Gasteiger partial charge on any atom is 0.350 e. The van der Waals surface area contributed by atoms with Crippen LogP contribution in [-0.2, 0) is 16.1 Å². The van der Waals surface area contributed by atoms with Crippen LogP contribution in [0.4, 0.5) is 0 Å². The van der Waals surface area contributed by atoms with Gasteiger partial charge >= 0.3 is 5.97 Å². The number of carbonyl (C=O) groups excluding carboxylic acids is 1. The van der Waals surface area contributed by atoms with E-state index in [2.05, 4.69) is 10.1 Å². The molecule has 1 aromatic carbocycles. The predicted molar refractivity (Wildman–Crippen MR) is 97.6 cm³/mol. The van der Waals surface area contributed by atoms with Crippen molar-refractivity contribution in [3.8, 4) is 5.69 Å². The largest absolute Gasteiger partial charge is 0.457 e. The molecule has 26 heavy (non-hydrogen) atoms. The lowest BCUT2D eigenvalue weighted by atomic mass is 10.0. The zero-order valence-corrected chi connectivity index (χ0v) is 15.0. The van der Waals surface area contributed by atoms with Crippen molar-refractivity contribution in [1.29, 1.82) is 0 Å². The fraction of sp³-hybridized carbons (Fsp3) is 0.316. The zero-order valence-electron chi connectivity index (χ0n) is 14.2. The third-order valence-corrected chi connectivity index (χ3v) is 5.51. The Morgan fingerprint density at radius 3 is 2.81 bits per heavy atom. The van der Waals surface area contributed by atoms with Crippen molar-refractivity contribution in [2.75, 3.05) is 13.2 Å². The molecule has 0 saturated carbocycles. The molecule has 6 nitrogen and oxygen atoms in total. The molecule has 0 radical (unpaired) electrons. The summed E-state index contributed by atoms with van der Waals surface area (Å²) in [5.74, 6) is 0.0714. The molecule has 0 spiro atoms. The smallest absolute Gasteiger partial charge is 0.350 e. The van der Waals surface area contributed by atoms with Crippen molar-refractivity contribution in [3.05, 3.63) is 64.4 Å². The minimum absolute atomic E-state index is 0.239. The van der Waals surface area contributed by atoms with Crippen molar-refractivity contribution >= 4 is 17.3 Å². The summed E-state index contributed by atoms with van der Waals surface area (Å²) in [6, 6.07) is 9.65. The first kappa shape index (κ1) is 16.9. The monoisotopic (exact) mass is 369 g/mol. The van der Waals surface area contributed by atoms with Gasteiger partial charge in [-0.05, 0) is 36.6 Å². The van der Waals surface area contributed by atoms with Crippen LogP contribution in [0.2, 0.25) is 0 Å². The maximum atomic E-state index is 12.3. The van der Waals surface area contributed by atoms with Gasteiger partial charge in [-0.15, -0.1) is 11.3 Å². The van der Waals surface area contributed by atoms with Gasteiger partial charge in [-0.1, -0.05) is 12.1 Å². The van der Waals surface area contributed by atoms with E-state index in [0.29, 0.717) is 10.8 Å². The molecule has 0 N–H and O–H groups in total. The van der Waals surface area contributed by atoms with Crippen LogP contribution in [0, 0.1) is 0 Å². The summed E-state index contributed by atoms with van der Waals surface area (Å²) >= 11 is 1.43. The van der Waals surface area contributed by atoms with E-state index in [9.17, 15) is 4.79 Å². The number of hydrogen-bond donors (Lipinski definition) is 0. The van der Waals surface area contributed by atoms with Gasteiger partial charge in [-0.3, -0.25) is 0 Å². The first-order valence-corrected chi connectivity index (χ1v) is 9.41. The Bertz CT molecular complexity index is 853. The molecule has 0 atom stereocenters. The molecule has 3 aromatic rings. The highest BCUT2D eigenvalue weighted by molar-refractivity contribution is 7.13. The lowest BCUT2D eigenvalue weighted by Gasteiger charge is -2.19. The van der Waals surface area contributed by atoms with E-state index < -0.39 is 0 Å². The van der Waals surface area contributed by atoms with Gasteiger partial charge in [0, 0.05) is 31.5 Å². The predicted octanol–water partition coefficient (Wildman–Crippen LogP) is 3.58. The molecule has 134 valence electrons. The summed E-state index contributed by atoms with van der Waals surface area (Å²) in [4.78, 5) is 17.2. The van der Waals surface area contributed by atoms with Gasteiger partial charge in [-0.25, -0.2) is 14.5 Å².